The summed E-state index contributed by atoms with van der Waals surface area (Å²) in [5.74, 6) is 0.587. The number of rotatable bonds is 1. The van der Waals surface area contributed by atoms with Gasteiger partial charge < -0.3 is 5.32 Å². The van der Waals surface area contributed by atoms with Gasteiger partial charge in [-0.15, -0.1) is 11.8 Å². The van der Waals surface area contributed by atoms with E-state index in [1.165, 1.54) is 16.1 Å². The number of benzene rings is 1. The zero-order valence-electron chi connectivity index (χ0n) is 11.5. The molecule has 1 nitrogen and oxygen atoms in total. The molecule has 0 amide bonds. The molecule has 17 heavy (non-hydrogen) atoms. The van der Waals surface area contributed by atoms with E-state index in [0.717, 1.165) is 6.54 Å². The van der Waals surface area contributed by atoms with Crippen LogP contribution in [-0.4, -0.2) is 11.8 Å². The molecule has 0 aromatic heterocycles. The highest BCUT2D eigenvalue weighted by Crippen LogP contribution is 2.44. The summed E-state index contributed by atoms with van der Waals surface area (Å²) in [6.07, 6.45) is 0. The number of anilines is 1. The molecule has 1 aliphatic heterocycles. The summed E-state index contributed by atoms with van der Waals surface area (Å²) in [5.41, 5.74) is 3.17. The second kappa shape index (κ2) is 4.56. The molecule has 2 rings (SSSR count). The molecular weight excluding hydrogens is 226 g/mol. The Balaban J connectivity index is 2.31. The molecule has 94 valence electrons. The van der Waals surface area contributed by atoms with Crippen molar-refractivity contribution in [2.75, 3.05) is 11.9 Å². The summed E-state index contributed by atoms with van der Waals surface area (Å²) in [7, 11) is 0. The molecule has 0 spiro atoms. The first kappa shape index (κ1) is 12.8. The predicted octanol–water partition coefficient (Wildman–Crippen LogP) is 4.74. The number of thioether (sulfide) groups is 1. The zero-order valence-corrected chi connectivity index (χ0v) is 12.3. The average molecular weight is 249 g/mol. The third-order valence-corrected chi connectivity index (χ3v) is 5.13. The largest absolute Gasteiger partial charge is 0.383 e. The van der Waals surface area contributed by atoms with Gasteiger partial charge in [-0.05, 0) is 23.0 Å². The van der Waals surface area contributed by atoms with Crippen molar-refractivity contribution in [3.05, 3.63) is 23.8 Å². The van der Waals surface area contributed by atoms with Crippen LogP contribution in [0.1, 0.15) is 46.1 Å². The molecule has 0 radical (unpaired) electrons. The molecule has 1 aromatic carbocycles. The van der Waals surface area contributed by atoms with Gasteiger partial charge in [0, 0.05) is 16.7 Å². The Morgan fingerprint density at radius 3 is 2.59 bits per heavy atom. The van der Waals surface area contributed by atoms with E-state index in [2.05, 4.69) is 58.1 Å². The predicted molar refractivity (Wildman–Crippen MR) is 78.1 cm³/mol. The third kappa shape index (κ3) is 2.62. The normalized spacial score (nSPS) is 20.0. The Hall–Kier alpha value is -0.630. The third-order valence-electron chi connectivity index (χ3n) is 3.38. The van der Waals surface area contributed by atoms with E-state index in [1.807, 2.05) is 11.8 Å². The highest BCUT2D eigenvalue weighted by molar-refractivity contribution is 8.00. The molecule has 1 heterocycles. The van der Waals surface area contributed by atoms with Gasteiger partial charge in [0.25, 0.3) is 0 Å². The van der Waals surface area contributed by atoms with Gasteiger partial charge in [-0.1, -0.05) is 46.8 Å². The fourth-order valence-corrected chi connectivity index (χ4v) is 3.48. The maximum Gasteiger partial charge on any atom is 0.0514 e. The van der Waals surface area contributed by atoms with E-state index in [0.29, 0.717) is 16.6 Å². The second-order valence-corrected chi connectivity index (χ2v) is 7.47. The molecule has 1 N–H and O–H groups in total. The lowest BCUT2D eigenvalue weighted by molar-refractivity contribution is 0.401. The summed E-state index contributed by atoms with van der Waals surface area (Å²) < 4.78 is 0. The fraction of sp³-hybridized carbons (Fsp3) is 0.600. The van der Waals surface area contributed by atoms with Crippen LogP contribution in [-0.2, 0) is 0 Å². The van der Waals surface area contributed by atoms with Gasteiger partial charge in [0.1, 0.15) is 0 Å². The molecule has 2 heteroatoms. The molecule has 1 aromatic rings. The Labute approximate surface area is 109 Å². The van der Waals surface area contributed by atoms with Gasteiger partial charge in [-0.3, -0.25) is 0 Å². The van der Waals surface area contributed by atoms with Gasteiger partial charge in [-0.2, -0.15) is 0 Å². The SMILES string of the molecule is CC(C)c1cccc2c1NCC(C(C)(C)C)S2. The van der Waals surface area contributed by atoms with Crippen molar-refractivity contribution >= 4 is 17.4 Å². The molecule has 0 saturated carbocycles. The maximum absolute atomic E-state index is 3.65. The van der Waals surface area contributed by atoms with E-state index >= 15 is 0 Å². The number of fused-ring (bicyclic) bond motifs is 1. The second-order valence-electron chi connectivity index (χ2n) is 6.23. The molecule has 0 aliphatic carbocycles. The minimum atomic E-state index is 0.350. The topological polar surface area (TPSA) is 12.0 Å². The van der Waals surface area contributed by atoms with Crippen LogP contribution in [0, 0.1) is 5.41 Å². The summed E-state index contributed by atoms with van der Waals surface area (Å²) in [5, 5.41) is 4.30. The van der Waals surface area contributed by atoms with Crippen LogP contribution in [0.15, 0.2) is 23.1 Å². The lowest BCUT2D eigenvalue weighted by atomic mass is 9.91. The summed E-state index contributed by atoms with van der Waals surface area (Å²) >= 11 is 2.03. The molecule has 1 aliphatic rings. The number of hydrogen-bond acceptors (Lipinski definition) is 2. The molecule has 0 fully saturated rings. The standard InChI is InChI=1S/C15H23NS/c1-10(2)11-7-6-8-12-14(11)16-9-13(17-12)15(3,4)5/h6-8,10,13,16H,9H2,1-5H3. The van der Waals surface area contributed by atoms with E-state index in [-0.39, 0.29) is 0 Å². The van der Waals surface area contributed by atoms with Gasteiger partial charge in [0.2, 0.25) is 0 Å². The highest BCUT2D eigenvalue weighted by atomic mass is 32.2. The van der Waals surface area contributed by atoms with Gasteiger partial charge in [0.05, 0.1) is 5.69 Å². The lowest BCUT2D eigenvalue weighted by Crippen LogP contribution is -2.33. The van der Waals surface area contributed by atoms with Crippen molar-refractivity contribution in [3.63, 3.8) is 0 Å². The minimum absolute atomic E-state index is 0.350. The Morgan fingerprint density at radius 2 is 2.00 bits per heavy atom. The lowest BCUT2D eigenvalue weighted by Gasteiger charge is -2.36. The number of para-hydroxylation sites is 1. The Bertz CT molecular complexity index is 404. The molecule has 0 saturated heterocycles. The highest BCUT2D eigenvalue weighted by Gasteiger charge is 2.30. The van der Waals surface area contributed by atoms with Crippen LogP contribution in [0.25, 0.3) is 0 Å². The number of hydrogen-bond donors (Lipinski definition) is 1. The van der Waals surface area contributed by atoms with E-state index < -0.39 is 0 Å². The van der Waals surface area contributed by atoms with Crippen LogP contribution < -0.4 is 5.32 Å². The quantitative estimate of drug-likeness (QED) is 0.771. The van der Waals surface area contributed by atoms with E-state index in [9.17, 15) is 0 Å². The van der Waals surface area contributed by atoms with Crippen molar-refractivity contribution in [1.82, 2.24) is 0 Å². The Kier molecular flexibility index (Phi) is 3.44. The van der Waals surface area contributed by atoms with Crippen LogP contribution >= 0.6 is 11.8 Å². The first-order valence-corrected chi connectivity index (χ1v) is 7.31. The van der Waals surface area contributed by atoms with Crippen molar-refractivity contribution < 1.29 is 0 Å². The maximum atomic E-state index is 3.65. The van der Waals surface area contributed by atoms with Gasteiger partial charge >= 0.3 is 0 Å². The molecule has 0 bridgehead atoms. The van der Waals surface area contributed by atoms with Crippen molar-refractivity contribution in [1.29, 1.82) is 0 Å². The zero-order chi connectivity index (χ0) is 12.6. The van der Waals surface area contributed by atoms with Crippen molar-refractivity contribution in [2.24, 2.45) is 5.41 Å². The summed E-state index contributed by atoms with van der Waals surface area (Å²) in [6, 6.07) is 6.68. The van der Waals surface area contributed by atoms with Crippen LogP contribution in [0.3, 0.4) is 0 Å². The first-order chi connectivity index (χ1) is 7.89. The fourth-order valence-electron chi connectivity index (χ4n) is 2.19. The van der Waals surface area contributed by atoms with Gasteiger partial charge in [0.15, 0.2) is 0 Å². The molecule has 1 unspecified atom stereocenters. The van der Waals surface area contributed by atoms with Crippen LogP contribution in [0.4, 0.5) is 5.69 Å². The average Bonchev–Trinajstić information content (AvgIpc) is 2.26. The molecular formula is C15H23NS. The van der Waals surface area contributed by atoms with Gasteiger partial charge in [-0.25, -0.2) is 0 Å². The van der Waals surface area contributed by atoms with Crippen molar-refractivity contribution in [2.45, 2.75) is 50.7 Å². The summed E-state index contributed by atoms with van der Waals surface area (Å²) in [6.45, 7) is 12.6. The molecule has 1 atom stereocenters. The minimum Gasteiger partial charge on any atom is -0.383 e. The Morgan fingerprint density at radius 1 is 1.29 bits per heavy atom. The smallest absolute Gasteiger partial charge is 0.0514 e. The first-order valence-electron chi connectivity index (χ1n) is 6.43. The van der Waals surface area contributed by atoms with E-state index in [4.69, 9.17) is 0 Å². The van der Waals surface area contributed by atoms with Crippen LogP contribution in [0.2, 0.25) is 0 Å². The van der Waals surface area contributed by atoms with Crippen LogP contribution in [0.5, 0.6) is 0 Å². The summed E-state index contributed by atoms with van der Waals surface area (Å²) in [4.78, 5) is 1.42. The van der Waals surface area contributed by atoms with Crippen molar-refractivity contribution in [3.8, 4) is 0 Å². The monoisotopic (exact) mass is 249 g/mol. The van der Waals surface area contributed by atoms with E-state index in [1.54, 1.807) is 0 Å². The number of nitrogens with one attached hydrogen (secondary N) is 1.